The van der Waals surface area contributed by atoms with E-state index in [2.05, 4.69) is 13.8 Å². The highest BCUT2D eigenvalue weighted by molar-refractivity contribution is 5.65. The molecule has 0 amide bonds. The van der Waals surface area contributed by atoms with Gasteiger partial charge in [0.05, 0.1) is 12.7 Å². The third kappa shape index (κ3) is 11.4. The van der Waals surface area contributed by atoms with Gasteiger partial charge in [0.2, 0.25) is 0 Å². The van der Waals surface area contributed by atoms with E-state index in [1.54, 1.807) is 6.07 Å². The Labute approximate surface area is 207 Å². The largest absolute Gasteiger partial charge is 0.494 e. The van der Waals surface area contributed by atoms with Crippen LogP contribution in [0.5, 0.6) is 11.5 Å². The lowest BCUT2D eigenvalue weighted by Gasteiger charge is -2.15. The van der Waals surface area contributed by atoms with Gasteiger partial charge < -0.3 is 14.2 Å². The molecule has 190 valence electrons. The highest BCUT2D eigenvalue weighted by Crippen LogP contribution is 2.27. The van der Waals surface area contributed by atoms with E-state index in [1.165, 1.54) is 63.9 Å². The van der Waals surface area contributed by atoms with Gasteiger partial charge in [0.1, 0.15) is 12.4 Å². The van der Waals surface area contributed by atoms with Crippen LogP contribution < -0.4 is 9.47 Å². The summed E-state index contributed by atoms with van der Waals surface area (Å²) in [5, 5.41) is 0. The van der Waals surface area contributed by atoms with Crippen molar-refractivity contribution in [2.24, 2.45) is 0 Å². The average molecular weight is 473 g/mol. The van der Waals surface area contributed by atoms with Crippen molar-refractivity contribution in [3.05, 3.63) is 48.3 Å². The standard InChI is InChI=1S/C30H45FO3/c1-4-6-8-10-12-14-22-33-28-18-15-26(16-19-28)27-17-20-30(29(31)23-27)34-24-25(3)32-21-13-11-9-7-5-2/h15-20,23,25H,4-14,21-22,24H2,1-3H3. The van der Waals surface area contributed by atoms with Crippen molar-refractivity contribution >= 4 is 0 Å². The smallest absolute Gasteiger partial charge is 0.165 e. The first-order valence-corrected chi connectivity index (χ1v) is 13.4. The molecule has 4 heteroatoms. The van der Waals surface area contributed by atoms with Crippen molar-refractivity contribution in [2.45, 2.75) is 97.5 Å². The lowest BCUT2D eigenvalue weighted by Crippen LogP contribution is -2.19. The van der Waals surface area contributed by atoms with Crippen LogP contribution in [-0.4, -0.2) is 25.9 Å². The van der Waals surface area contributed by atoms with E-state index < -0.39 is 0 Å². The normalized spacial score (nSPS) is 12.0. The summed E-state index contributed by atoms with van der Waals surface area (Å²) in [5.74, 6) is 0.769. The Morgan fingerprint density at radius 2 is 1.26 bits per heavy atom. The number of rotatable bonds is 19. The average Bonchev–Trinajstić information content (AvgIpc) is 2.85. The molecule has 3 nitrogen and oxygen atoms in total. The van der Waals surface area contributed by atoms with Crippen molar-refractivity contribution < 1.29 is 18.6 Å². The molecule has 0 spiro atoms. The van der Waals surface area contributed by atoms with Gasteiger partial charge in [-0.05, 0) is 55.2 Å². The molecule has 2 aromatic rings. The summed E-state index contributed by atoms with van der Waals surface area (Å²) in [6.45, 7) is 8.23. The summed E-state index contributed by atoms with van der Waals surface area (Å²) in [6, 6.07) is 13.0. The number of benzene rings is 2. The molecule has 1 atom stereocenters. The molecule has 0 saturated carbocycles. The van der Waals surface area contributed by atoms with Crippen LogP contribution >= 0.6 is 0 Å². The van der Waals surface area contributed by atoms with Gasteiger partial charge in [0.15, 0.2) is 11.6 Å². The van der Waals surface area contributed by atoms with Crippen molar-refractivity contribution in [2.75, 3.05) is 19.8 Å². The number of ether oxygens (including phenoxy) is 3. The fraction of sp³-hybridized carbons (Fsp3) is 0.600. The Hall–Kier alpha value is -2.07. The van der Waals surface area contributed by atoms with Gasteiger partial charge in [-0.3, -0.25) is 0 Å². The molecule has 0 N–H and O–H groups in total. The summed E-state index contributed by atoms with van der Waals surface area (Å²) in [7, 11) is 0. The van der Waals surface area contributed by atoms with Crippen LogP contribution in [0.1, 0.15) is 91.4 Å². The Bertz CT molecular complexity index is 775. The van der Waals surface area contributed by atoms with E-state index >= 15 is 0 Å². The first-order valence-electron chi connectivity index (χ1n) is 13.4. The van der Waals surface area contributed by atoms with Crippen LogP contribution in [0.25, 0.3) is 11.1 Å². The van der Waals surface area contributed by atoms with Crippen LogP contribution in [0.4, 0.5) is 4.39 Å². The fourth-order valence-electron chi connectivity index (χ4n) is 3.86. The molecule has 0 radical (unpaired) electrons. The first-order chi connectivity index (χ1) is 16.6. The predicted octanol–water partition coefficient (Wildman–Crippen LogP) is 8.99. The van der Waals surface area contributed by atoms with Crippen molar-refractivity contribution in [1.82, 2.24) is 0 Å². The highest BCUT2D eigenvalue weighted by atomic mass is 19.1. The van der Waals surface area contributed by atoms with E-state index in [4.69, 9.17) is 14.2 Å². The van der Waals surface area contributed by atoms with Crippen LogP contribution in [0, 0.1) is 5.82 Å². The molecule has 0 saturated heterocycles. The summed E-state index contributed by atoms with van der Waals surface area (Å²) in [4.78, 5) is 0. The summed E-state index contributed by atoms with van der Waals surface area (Å²) < 4.78 is 31.9. The zero-order valence-corrected chi connectivity index (χ0v) is 21.6. The maximum absolute atomic E-state index is 14.6. The van der Waals surface area contributed by atoms with E-state index in [-0.39, 0.29) is 17.7 Å². The molecule has 0 aliphatic carbocycles. The molecular formula is C30H45FO3. The van der Waals surface area contributed by atoms with Gasteiger partial charge >= 0.3 is 0 Å². The fourth-order valence-corrected chi connectivity index (χ4v) is 3.86. The Morgan fingerprint density at radius 3 is 1.91 bits per heavy atom. The van der Waals surface area contributed by atoms with Gasteiger partial charge in [-0.15, -0.1) is 0 Å². The number of hydrogen-bond acceptors (Lipinski definition) is 3. The molecule has 0 aliphatic rings. The van der Waals surface area contributed by atoms with Crippen LogP contribution in [0.15, 0.2) is 42.5 Å². The molecule has 2 rings (SSSR count). The van der Waals surface area contributed by atoms with E-state index in [0.717, 1.165) is 42.9 Å². The maximum Gasteiger partial charge on any atom is 0.165 e. The monoisotopic (exact) mass is 472 g/mol. The molecule has 0 bridgehead atoms. The minimum Gasteiger partial charge on any atom is -0.494 e. The van der Waals surface area contributed by atoms with Crippen LogP contribution in [-0.2, 0) is 4.74 Å². The molecule has 1 unspecified atom stereocenters. The molecular weight excluding hydrogens is 427 g/mol. The minimum atomic E-state index is -0.354. The number of halogens is 1. The lowest BCUT2D eigenvalue weighted by atomic mass is 10.1. The third-order valence-corrected chi connectivity index (χ3v) is 6.01. The van der Waals surface area contributed by atoms with Gasteiger partial charge in [0.25, 0.3) is 0 Å². The van der Waals surface area contributed by atoms with E-state index in [9.17, 15) is 4.39 Å². The molecule has 0 fully saturated rings. The van der Waals surface area contributed by atoms with Crippen molar-refractivity contribution in [1.29, 1.82) is 0 Å². The second kappa shape index (κ2) is 17.4. The van der Waals surface area contributed by atoms with E-state index in [1.807, 2.05) is 37.3 Å². The van der Waals surface area contributed by atoms with Crippen LogP contribution in [0.3, 0.4) is 0 Å². The zero-order valence-electron chi connectivity index (χ0n) is 21.6. The van der Waals surface area contributed by atoms with Gasteiger partial charge in [-0.2, -0.15) is 0 Å². The predicted molar refractivity (Wildman–Crippen MR) is 140 cm³/mol. The lowest BCUT2D eigenvalue weighted by molar-refractivity contribution is 0.0293. The van der Waals surface area contributed by atoms with Crippen molar-refractivity contribution in [3.8, 4) is 22.6 Å². The number of hydrogen-bond donors (Lipinski definition) is 0. The molecule has 34 heavy (non-hydrogen) atoms. The highest BCUT2D eigenvalue weighted by Gasteiger charge is 2.09. The molecule has 0 aliphatic heterocycles. The Morgan fingerprint density at radius 1 is 0.676 bits per heavy atom. The quantitative estimate of drug-likeness (QED) is 0.191. The minimum absolute atomic E-state index is 0.0610. The molecule has 0 heterocycles. The Balaban J connectivity index is 1.72. The Kier molecular flexibility index (Phi) is 14.4. The summed E-state index contributed by atoms with van der Waals surface area (Å²) in [6.07, 6.45) is 13.5. The van der Waals surface area contributed by atoms with Gasteiger partial charge in [0, 0.05) is 6.61 Å². The van der Waals surface area contributed by atoms with Gasteiger partial charge in [-0.1, -0.05) is 89.8 Å². The van der Waals surface area contributed by atoms with Gasteiger partial charge in [-0.25, -0.2) is 4.39 Å². The van der Waals surface area contributed by atoms with Crippen molar-refractivity contribution in [3.63, 3.8) is 0 Å². The van der Waals surface area contributed by atoms with E-state index in [0.29, 0.717) is 6.61 Å². The first kappa shape index (κ1) is 28.2. The summed E-state index contributed by atoms with van der Waals surface area (Å²) in [5.41, 5.74) is 1.78. The maximum atomic E-state index is 14.6. The molecule has 2 aromatic carbocycles. The third-order valence-electron chi connectivity index (χ3n) is 6.01. The zero-order chi connectivity index (χ0) is 24.4. The molecule has 0 aromatic heterocycles. The second-order valence-electron chi connectivity index (χ2n) is 9.19. The SMILES string of the molecule is CCCCCCCCOc1ccc(-c2ccc(OCC(C)OCCCCCCC)c(F)c2)cc1. The topological polar surface area (TPSA) is 27.7 Å². The van der Waals surface area contributed by atoms with Crippen LogP contribution in [0.2, 0.25) is 0 Å². The number of unbranched alkanes of at least 4 members (excludes halogenated alkanes) is 9. The second-order valence-corrected chi connectivity index (χ2v) is 9.19. The summed E-state index contributed by atoms with van der Waals surface area (Å²) >= 11 is 0.